The van der Waals surface area contributed by atoms with Gasteiger partial charge in [0.1, 0.15) is 0 Å². The molecule has 3 heteroatoms. The normalized spacial score (nSPS) is 14.0. The zero-order valence-electron chi connectivity index (χ0n) is 7.96. The first kappa shape index (κ1) is 8.17. The van der Waals surface area contributed by atoms with Gasteiger partial charge in [0.15, 0.2) is 5.84 Å². The van der Waals surface area contributed by atoms with Gasteiger partial charge in [-0.3, -0.25) is 4.98 Å². The first-order chi connectivity index (χ1) is 7.45. The number of amidine groups is 1. The molecule has 0 saturated carbocycles. The molecule has 3 nitrogen and oxygen atoms in total. The Labute approximate surface area is 87.2 Å². The first-order valence-corrected chi connectivity index (χ1v) is 4.73. The van der Waals surface area contributed by atoms with E-state index in [1.807, 2.05) is 30.3 Å². The highest BCUT2D eigenvalue weighted by Crippen LogP contribution is 2.17. The number of aromatic nitrogens is 1. The average Bonchev–Trinajstić information content (AvgIpc) is 2.82. The molecule has 0 unspecified atom stereocenters. The molecule has 1 aromatic heterocycles. The smallest absolute Gasteiger partial charge is 0.159 e. The number of aliphatic imine (C=N–C) groups is 1. The van der Waals surface area contributed by atoms with E-state index in [0.29, 0.717) is 0 Å². The van der Waals surface area contributed by atoms with E-state index in [9.17, 15) is 0 Å². The van der Waals surface area contributed by atoms with Gasteiger partial charge in [0.05, 0.1) is 5.52 Å². The number of fused-ring (bicyclic) bond motifs is 1. The number of rotatable bonds is 1. The summed E-state index contributed by atoms with van der Waals surface area (Å²) in [6.07, 6.45) is 5.18. The molecule has 1 aliphatic rings. The molecule has 15 heavy (non-hydrogen) atoms. The Morgan fingerprint density at radius 1 is 0.933 bits per heavy atom. The number of nitrogens with zero attached hydrogens (tertiary/aromatic N) is 3. The highest BCUT2D eigenvalue weighted by molar-refractivity contribution is 6.09. The van der Waals surface area contributed by atoms with Crippen LogP contribution in [0.3, 0.4) is 0 Å². The number of para-hydroxylation sites is 1. The van der Waals surface area contributed by atoms with Gasteiger partial charge in [-0.1, -0.05) is 18.2 Å². The SMILES string of the molecule is C1=CN=C(c2ccnc3ccccc23)[N]1. The molecule has 0 atom stereocenters. The van der Waals surface area contributed by atoms with Crippen LogP contribution in [0.2, 0.25) is 0 Å². The summed E-state index contributed by atoms with van der Waals surface area (Å²) in [5.41, 5.74) is 2.01. The highest BCUT2D eigenvalue weighted by Gasteiger charge is 2.09. The van der Waals surface area contributed by atoms with Crippen LogP contribution < -0.4 is 5.32 Å². The van der Waals surface area contributed by atoms with Gasteiger partial charge in [-0.05, 0) is 12.1 Å². The third kappa shape index (κ3) is 1.29. The molecule has 0 spiro atoms. The fourth-order valence-corrected chi connectivity index (χ4v) is 1.67. The summed E-state index contributed by atoms with van der Waals surface area (Å²) in [4.78, 5) is 8.49. The van der Waals surface area contributed by atoms with Crippen molar-refractivity contribution in [3.63, 3.8) is 0 Å². The lowest BCUT2D eigenvalue weighted by Gasteiger charge is -2.04. The molecule has 0 saturated heterocycles. The number of pyridine rings is 1. The fraction of sp³-hybridized carbons (Fsp3) is 0. The molecule has 1 aliphatic heterocycles. The minimum atomic E-state index is 0.758. The van der Waals surface area contributed by atoms with E-state index in [4.69, 9.17) is 0 Å². The van der Waals surface area contributed by atoms with Crippen molar-refractivity contribution >= 4 is 16.7 Å². The van der Waals surface area contributed by atoms with Crippen LogP contribution in [0.4, 0.5) is 0 Å². The van der Waals surface area contributed by atoms with Gasteiger partial charge in [0.2, 0.25) is 0 Å². The van der Waals surface area contributed by atoms with E-state index in [-0.39, 0.29) is 0 Å². The monoisotopic (exact) mass is 194 g/mol. The molecule has 1 aromatic carbocycles. The van der Waals surface area contributed by atoms with Gasteiger partial charge in [0.25, 0.3) is 0 Å². The Balaban J connectivity index is 2.26. The van der Waals surface area contributed by atoms with Crippen molar-refractivity contribution in [2.24, 2.45) is 4.99 Å². The predicted molar refractivity (Wildman–Crippen MR) is 59.6 cm³/mol. The third-order valence-electron chi connectivity index (χ3n) is 2.35. The summed E-state index contributed by atoms with van der Waals surface area (Å²) in [5.74, 6) is 0.758. The maximum absolute atomic E-state index is 4.30. The van der Waals surface area contributed by atoms with Crippen LogP contribution in [0.15, 0.2) is 53.9 Å². The zero-order valence-corrected chi connectivity index (χ0v) is 7.96. The molecule has 71 valence electrons. The Kier molecular flexibility index (Phi) is 1.75. The quantitative estimate of drug-likeness (QED) is 0.685. The van der Waals surface area contributed by atoms with E-state index >= 15 is 0 Å². The van der Waals surface area contributed by atoms with Crippen molar-refractivity contribution in [1.82, 2.24) is 10.3 Å². The average molecular weight is 194 g/mol. The van der Waals surface area contributed by atoms with Gasteiger partial charge in [-0.2, -0.15) is 0 Å². The Bertz CT molecular complexity index is 565. The molecule has 1 radical (unpaired) electrons. The molecule has 3 rings (SSSR count). The van der Waals surface area contributed by atoms with Gasteiger partial charge in [0, 0.05) is 29.5 Å². The molecule has 0 aliphatic carbocycles. The molecule has 2 heterocycles. The molecule has 2 aromatic rings. The Hall–Kier alpha value is -2.16. The zero-order chi connectivity index (χ0) is 10.1. The predicted octanol–water partition coefficient (Wildman–Crippen LogP) is 2.07. The molecular weight excluding hydrogens is 186 g/mol. The first-order valence-electron chi connectivity index (χ1n) is 4.73. The summed E-state index contributed by atoms with van der Waals surface area (Å²) in [6, 6.07) is 9.94. The summed E-state index contributed by atoms with van der Waals surface area (Å²) in [6.45, 7) is 0. The largest absolute Gasteiger partial charge is 0.256 e. The van der Waals surface area contributed by atoms with Crippen LogP contribution in [-0.4, -0.2) is 10.8 Å². The maximum Gasteiger partial charge on any atom is 0.159 e. The van der Waals surface area contributed by atoms with Crippen molar-refractivity contribution in [3.8, 4) is 0 Å². The van der Waals surface area contributed by atoms with Gasteiger partial charge in [-0.25, -0.2) is 10.3 Å². The van der Waals surface area contributed by atoms with Crippen molar-refractivity contribution < 1.29 is 0 Å². The van der Waals surface area contributed by atoms with Crippen LogP contribution in [-0.2, 0) is 0 Å². The Morgan fingerprint density at radius 2 is 1.87 bits per heavy atom. The van der Waals surface area contributed by atoms with E-state index in [1.165, 1.54) is 0 Å². The lowest BCUT2D eigenvalue weighted by atomic mass is 10.1. The van der Waals surface area contributed by atoms with Crippen LogP contribution in [0.5, 0.6) is 0 Å². The van der Waals surface area contributed by atoms with E-state index in [1.54, 1.807) is 18.6 Å². The lowest BCUT2D eigenvalue weighted by Crippen LogP contribution is -2.08. The highest BCUT2D eigenvalue weighted by atomic mass is 15.0. The van der Waals surface area contributed by atoms with Gasteiger partial charge >= 0.3 is 0 Å². The summed E-state index contributed by atoms with van der Waals surface area (Å²) in [7, 11) is 0. The maximum atomic E-state index is 4.30. The van der Waals surface area contributed by atoms with Gasteiger partial charge < -0.3 is 0 Å². The molecule has 0 amide bonds. The third-order valence-corrected chi connectivity index (χ3v) is 2.35. The molecule has 0 N–H and O–H groups in total. The number of hydrogen-bond donors (Lipinski definition) is 0. The minimum absolute atomic E-state index is 0.758. The molecule has 0 fully saturated rings. The second-order valence-electron chi connectivity index (χ2n) is 3.26. The standard InChI is InChI=1S/C12H8N3/c1-2-4-11-9(3-1)10(5-6-13-11)12-14-7-8-15-12/h1-8H. The summed E-state index contributed by atoms with van der Waals surface area (Å²) in [5, 5.41) is 5.29. The van der Waals surface area contributed by atoms with Crippen LogP contribution in [0, 0.1) is 0 Å². The van der Waals surface area contributed by atoms with Crippen molar-refractivity contribution in [2.45, 2.75) is 0 Å². The number of benzene rings is 1. The summed E-state index contributed by atoms with van der Waals surface area (Å²) < 4.78 is 0. The van der Waals surface area contributed by atoms with Crippen LogP contribution in [0.1, 0.15) is 5.56 Å². The van der Waals surface area contributed by atoms with E-state index in [0.717, 1.165) is 22.3 Å². The lowest BCUT2D eigenvalue weighted by molar-refractivity contribution is 1.29. The van der Waals surface area contributed by atoms with E-state index < -0.39 is 0 Å². The van der Waals surface area contributed by atoms with Crippen molar-refractivity contribution in [2.75, 3.05) is 0 Å². The van der Waals surface area contributed by atoms with Crippen LogP contribution in [0.25, 0.3) is 10.9 Å². The van der Waals surface area contributed by atoms with E-state index in [2.05, 4.69) is 15.3 Å². The second kappa shape index (κ2) is 3.20. The van der Waals surface area contributed by atoms with Crippen molar-refractivity contribution in [3.05, 3.63) is 54.5 Å². The van der Waals surface area contributed by atoms with Crippen LogP contribution >= 0.6 is 0 Å². The van der Waals surface area contributed by atoms with Gasteiger partial charge in [-0.15, -0.1) is 0 Å². The Morgan fingerprint density at radius 3 is 2.73 bits per heavy atom. The topological polar surface area (TPSA) is 39.4 Å². The second-order valence-corrected chi connectivity index (χ2v) is 3.26. The fourth-order valence-electron chi connectivity index (χ4n) is 1.67. The summed E-state index contributed by atoms with van der Waals surface area (Å²) >= 11 is 0. The number of hydrogen-bond acceptors (Lipinski definition) is 2. The molecular formula is C12H8N3. The van der Waals surface area contributed by atoms with Crippen molar-refractivity contribution in [1.29, 1.82) is 0 Å². The minimum Gasteiger partial charge on any atom is -0.256 e. The molecule has 0 bridgehead atoms.